The maximum absolute atomic E-state index is 6.23. The Morgan fingerprint density at radius 3 is 2.74 bits per heavy atom. The average molecular weight is 274 g/mol. The second-order valence-electron chi connectivity index (χ2n) is 4.71. The largest absolute Gasteiger partial charge is 0.493 e. The molecule has 2 aromatic rings. The molecule has 0 fully saturated rings. The minimum Gasteiger partial charge on any atom is -0.493 e. The lowest BCUT2D eigenvalue weighted by molar-refractivity contribution is 0.351. The molecular formula is C16H16ClNO. The lowest BCUT2D eigenvalue weighted by Gasteiger charge is -2.20. The van der Waals surface area contributed by atoms with Crippen LogP contribution in [-0.4, -0.2) is 13.7 Å². The van der Waals surface area contributed by atoms with Gasteiger partial charge >= 0.3 is 0 Å². The molecule has 1 aliphatic rings. The normalized spacial score (nSPS) is 14.8. The summed E-state index contributed by atoms with van der Waals surface area (Å²) >= 11 is 6.23. The molecule has 0 radical (unpaired) electrons. The van der Waals surface area contributed by atoms with Crippen LogP contribution in [0.1, 0.15) is 22.7 Å². The Kier molecular flexibility index (Phi) is 3.45. The van der Waals surface area contributed by atoms with Crippen molar-refractivity contribution in [3.05, 3.63) is 64.2 Å². The highest BCUT2D eigenvalue weighted by Gasteiger charge is 2.23. The van der Waals surface area contributed by atoms with Crippen LogP contribution in [0.25, 0.3) is 0 Å². The van der Waals surface area contributed by atoms with E-state index in [-0.39, 0.29) is 6.04 Å². The first kappa shape index (κ1) is 12.5. The Labute approximate surface area is 118 Å². The summed E-state index contributed by atoms with van der Waals surface area (Å²) in [6.45, 7) is 0.744. The molecule has 3 heteroatoms. The Morgan fingerprint density at radius 2 is 2.00 bits per heavy atom. The summed E-state index contributed by atoms with van der Waals surface area (Å²) in [6, 6.07) is 14.5. The lowest BCUT2D eigenvalue weighted by Crippen LogP contribution is -2.18. The third-order valence-electron chi connectivity index (χ3n) is 3.51. The second kappa shape index (κ2) is 5.24. The molecule has 3 rings (SSSR count). The van der Waals surface area contributed by atoms with Crippen LogP contribution < -0.4 is 10.1 Å². The van der Waals surface area contributed by atoms with Crippen molar-refractivity contribution in [2.75, 3.05) is 13.7 Å². The van der Waals surface area contributed by atoms with Crippen LogP contribution in [0.3, 0.4) is 0 Å². The van der Waals surface area contributed by atoms with Crippen LogP contribution in [0.5, 0.6) is 5.75 Å². The molecule has 0 aliphatic carbocycles. The fourth-order valence-electron chi connectivity index (χ4n) is 2.66. The van der Waals surface area contributed by atoms with E-state index in [1.807, 2.05) is 37.4 Å². The maximum atomic E-state index is 6.23. The van der Waals surface area contributed by atoms with Crippen LogP contribution >= 0.6 is 11.6 Å². The number of nitrogens with one attached hydrogen (secondary N) is 1. The molecule has 0 aromatic heterocycles. The van der Waals surface area contributed by atoms with Crippen molar-refractivity contribution < 1.29 is 4.74 Å². The SMILES string of the molecule is CNC(c1ccccc1)c1cc(Cl)cc2c1OCC2. The van der Waals surface area contributed by atoms with E-state index in [1.54, 1.807) is 0 Å². The molecular weight excluding hydrogens is 258 g/mol. The van der Waals surface area contributed by atoms with E-state index < -0.39 is 0 Å². The Morgan fingerprint density at radius 1 is 1.21 bits per heavy atom. The molecule has 0 amide bonds. The predicted molar refractivity (Wildman–Crippen MR) is 78.0 cm³/mol. The average Bonchev–Trinajstić information content (AvgIpc) is 2.89. The van der Waals surface area contributed by atoms with Gasteiger partial charge in [-0.3, -0.25) is 0 Å². The van der Waals surface area contributed by atoms with Crippen LogP contribution in [0.15, 0.2) is 42.5 Å². The number of rotatable bonds is 3. The summed E-state index contributed by atoms with van der Waals surface area (Å²) in [5.74, 6) is 0.993. The van der Waals surface area contributed by atoms with E-state index in [0.29, 0.717) is 0 Å². The molecule has 98 valence electrons. The van der Waals surface area contributed by atoms with Crippen molar-refractivity contribution in [2.24, 2.45) is 0 Å². The van der Waals surface area contributed by atoms with E-state index in [2.05, 4.69) is 17.4 Å². The number of halogens is 1. The quantitative estimate of drug-likeness (QED) is 0.923. The zero-order valence-electron chi connectivity index (χ0n) is 10.8. The molecule has 1 aliphatic heterocycles. The van der Waals surface area contributed by atoms with Crippen molar-refractivity contribution in [2.45, 2.75) is 12.5 Å². The van der Waals surface area contributed by atoms with Crippen LogP contribution in [0.4, 0.5) is 0 Å². The van der Waals surface area contributed by atoms with Gasteiger partial charge in [0.05, 0.1) is 12.6 Å². The van der Waals surface area contributed by atoms with Gasteiger partial charge in [0, 0.05) is 17.0 Å². The third-order valence-corrected chi connectivity index (χ3v) is 3.73. The summed E-state index contributed by atoms with van der Waals surface area (Å²) in [5.41, 5.74) is 3.54. The standard InChI is InChI=1S/C16H16ClNO/c1-18-15(11-5-3-2-4-6-11)14-10-13(17)9-12-7-8-19-16(12)14/h2-6,9-10,15,18H,7-8H2,1H3. The Hall–Kier alpha value is -1.51. The number of hydrogen-bond donors (Lipinski definition) is 1. The summed E-state index contributed by atoms with van der Waals surface area (Å²) < 4.78 is 5.79. The predicted octanol–water partition coefficient (Wildman–Crippen LogP) is 3.58. The first-order chi connectivity index (χ1) is 9.29. The van der Waals surface area contributed by atoms with Crippen LogP contribution in [0, 0.1) is 0 Å². The Balaban J connectivity index is 2.10. The fourth-order valence-corrected chi connectivity index (χ4v) is 2.91. The zero-order valence-corrected chi connectivity index (χ0v) is 11.6. The molecule has 1 unspecified atom stereocenters. The van der Waals surface area contributed by atoms with Crippen LogP contribution in [-0.2, 0) is 6.42 Å². The van der Waals surface area contributed by atoms with E-state index >= 15 is 0 Å². The first-order valence-electron chi connectivity index (χ1n) is 6.47. The van der Waals surface area contributed by atoms with Gasteiger partial charge in [0.15, 0.2) is 0 Å². The van der Waals surface area contributed by atoms with Gasteiger partial charge in [-0.25, -0.2) is 0 Å². The number of benzene rings is 2. The summed E-state index contributed by atoms with van der Waals surface area (Å²) in [5, 5.41) is 4.13. The number of fused-ring (bicyclic) bond motifs is 1. The minimum atomic E-state index is 0.103. The molecule has 0 saturated heterocycles. The van der Waals surface area contributed by atoms with Crippen molar-refractivity contribution >= 4 is 11.6 Å². The molecule has 1 N–H and O–H groups in total. The summed E-state index contributed by atoms with van der Waals surface area (Å²) in [4.78, 5) is 0. The van der Waals surface area contributed by atoms with Crippen molar-refractivity contribution in [3.63, 3.8) is 0 Å². The van der Waals surface area contributed by atoms with Gasteiger partial charge in [-0.15, -0.1) is 0 Å². The topological polar surface area (TPSA) is 21.3 Å². The monoisotopic (exact) mass is 273 g/mol. The zero-order chi connectivity index (χ0) is 13.2. The third kappa shape index (κ3) is 2.34. The summed E-state index contributed by atoms with van der Waals surface area (Å²) in [7, 11) is 1.96. The molecule has 1 heterocycles. The van der Waals surface area contributed by atoms with E-state index in [0.717, 1.165) is 29.4 Å². The van der Waals surface area contributed by atoms with Gasteiger partial charge in [-0.1, -0.05) is 41.9 Å². The lowest BCUT2D eigenvalue weighted by atomic mass is 9.96. The molecule has 2 nitrogen and oxygen atoms in total. The molecule has 0 saturated carbocycles. The molecule has 0 bridgehead atoms. The Bertz CT molecular complexity index is 583. The van der Waals surface area contributed by atoms with Gasteiger partial charge in [0.25, 0.3) is 0 Å². The van der Waals surface area contributed by atoms with Crippen LogP contribution in [0.2, 0.25) is 5.02 Å². The smallest absolute Gasteiger partial charge is 0.127 e. The van der Waals surface area contributed by atoms with Crippen molar-refractivity contribution in [1.29, 1.82) is 0 Å². The highest BCUT2D eigenvalue weighted by atomic mass is 35.5. The molecule has 1 atom stereocenters. The fraction of sp³-hybridized carbons (Fsp3) is 0.250. The van der Waals surface area contributed by atoms with E-state index in [1.165, 1.54) is 11.1 Å². The highest BCUT2D eigenvalue weighted by Crippen LogP contribution is 2.38. The molecule has 0 spiro atoms. The van der Waals surface area contributed by atoms with E-state index in [9.17, 15) is 0 Å². The van der Waals surface area contributed by atoms with Gasteiger partial charge in [0.2, 0.25) is 0 Å². The van der Waals surface area contributed by atoms with Gasteiger partial charge in [-0.2, -0.15) is 0 Å². The first-order valence-corrected chi connectivity index (χ1v) is 6.84. The number of hydrogen-bond acceptors (Lipinski definition) is 2. The van der Waals surface area contributed by atoms with Crippen molar-refractivity contribution in [3.8, 4) is 5.75 Å². The van der Waals surface area contributed by atoms with Crippen molar-refractivity contribution in [1.82, 2.24) is 5.32 Å². The minimum absolute atomic E-state index is 0.103. The highest BCUT2D eigenvalue weighted by molar-refractivity contribution is 6.30. The number of ether oxygens (including phenoxy) is 1. The molecule has 19 heavy (non-hydrogen) atoms. The summed E-state index contributed by atoms with van der Waals surface area (Å²) in [6.07, 6.45) is 0.939. The van der Waals surface area contributed by atoms with Gasteiger partial charge in [-0.05, 0) is 30.3 Å². The van der Waals surface area contributed by atoms with Gasteiger partial charge in [0.1, 0.15) is 5.75 Å². The second-order valence-corrected chi connectivity index (χ2v) is 5.15. The van der Waals surface area contributed by atoms with Gasteiger partial charge < -0.3 is 10.1 Å². The van der Waals surface area contributed by atoms with E-state index in [4.69, 9.17) is 16.3 Å². The maximum Gasteiger partial charge on any atom is 0.127 e. The molecule has 2 aromatic carbocycles.